The Bertz CT molecular complexity index is 479. The fourth-order valence-electron chi connectivity index (χ4n) is 2.07. The van der Waals surface area contributed by atoms with Gasteiger partial charge in [0.25, 0.3) is 10.1 Å². The highest BCUT2D eigenvalue weighted by atomic mass is 32.2. The molecule has 0 atom stereocenters. The lowest BCUT2D eigenvalue weighted by molar-refractivity contribution is 0.450. The van der Waals surface area contributed by atoms with Gasteiger partial charge in [-0.3, -0.25) is 4.55 Å². The first kappa shape index (κ1) is 16.9. The molecule has 0 saturated heterocycles. The Morgan fingerprint density at radius 2 is 1.39 bits per heavy atom. The molecule has 1 aromatic rings. The Balaban J connectivity index is 0.00000144. The molecule has 1 aliphatic rings. The molecule has 4 nitrogen and oxygen atoms in total. The molecule has 5 heteroatoms. The summed E-state index contributed by atoms with van der Waals surface area (Å²) in [5.74, 6) is 0.187. The van der Waals surface area contributed by atoms with E-state index in [1.807, 2.05) is 0 Å². The highest BCUT2D eigenvalue weighted by molar-refractivity contribution is 7.85. The van der Waals surface area contributed by atoms with Crippen LogP contribution in [0.5, 0.6) is 5.75 Å². The van der Waals surface area contributed by atoms with E-state index in [4.69, 9.17) is 4.55 Å². The van der Waals surface area contributed by atoms with Crippen LogP contribution < -0.4 is 0 Å². The van der Waals surface area contributed by atoms with Crippen molar-refractivity contribution < 1.29 is 18.1 Å². The minimum absolute atomic E-state index is 0. The molecule has 0 heterocycles. The molecular weight excluding hydrogens is 252 g/mol. The zero-order valence-electron chi connectivity index (χ0n) is 8.81. The molecular formula is C13H22O4S. The van der Waals surface area contributed by atoms with Crippen molar-refractivity contribution in [1.29, 1.82) is 0 Å². The molecule has 2 rings (SSSR count). The number of fused-ring (bicyclic) bond motifs is 2. The van der Waals surface area contributed by atoms with Gasteiger partial charge in [-0.15, -0.1) is 0 Å². The number of rotatable bonds is 1. The van der Waals surface area contributed by atoms with Gasteiger partial charge in [0.15, 0.2) is 0 Å². The van der Waals surface area contributed by atoms with Crippen LogP contribution in [0.1, 0.15) is 45.2 Å². The number of hydrogen-bond donors (Lipinski definition) is 2. The van der Waals surface area contributed by atoms with E-state index < -0.39 is 10.1 Å². The van der Waals surface area contributed by atoms with Crippen molar-refractivity contribution in [2.75, 3.05) is 0 Å². The highest BCUT2D eigenvalue weighted by Gasteiger charge is 2.18. The summed E-state index contributed by atoms with van der Waals surface area (Å²) >= 11 is 0. The lowest BCUT2D eigenvalue weighted by Crippen LogP contribution is -2.04. The summed E-state index contributed by atoms with van der Waals surface area (Å²) in [6, 6.07) is 2.72. The molecule has 104 valence electrons. The van der Waals surface area contributed by atoms with Gasteiger partial charge in [-0.25, -0.2) is 0 Å². The summed E-state index contributed by atoms with van der Waals surface area (Å²) in [6.45, 7) is 0. The Morgan fingerprint density at radius 1 is 0.944 bits per heavy atom. The van der Waals surface area contributed by atoms with Crippen LogP contribution in [0.15, 0.2) is 17.0 Å². The largest absolute Gasteiger partial charge is 0.507 e. The van der Waals surface area contributed by atoms with Crippen molar-refractivity contribution in [3.63, 3.8) is 0 Å². The molecule has 0 radical (unpaired) electrons. The van der Waals surface area contributed by atoms with Gasteiger partial charge in [0.2, 0.25) is 0 Å². The summed E-state index contributed by atoms with van der Waals surface area (Å²) in [5, 5.41) is 9.87. The first-order chi connectivity index (χ1) is 7.48. The molecule has 0 saturated carbocycles. The van der Waals surface area contributed by atoms with E-state index in [2.05, 4.69) is 0 Å². The number of aromatic hydroxyl groups is 1. The van der Waals surface area contributed by atoms with E-state index in [-0.39, 0.29) is 25.5 Å². The maximum Gasteiger partial charge on any atom is 0.294 e. The minimum Gasteiger partial charge on any atom is -0.507 e. The normalized spacial score (nSPS) is 14.7. The molecule has 0 aromatic heterocycles. The third-order valence-corrected chi connectivity index (χ3v) is 3.76. The van der Waals surface area contributed by atoms with Gasteiger partial charge >= 0.3 is 0 Å². The Hall–Kier alpha value is -1.07. The number of aryl methyl sites for hydroxylation is 2. The molecule has 1 aromatic carbocycles. The van der Waals surface area contributed by atoms with E-state index in [9.17, 15) is 13.5 Å². The SMILES string of the molecule is C.C.O=S(=O)(O)c1cc2c(O)c(c1)CCCCC2. The average Bonchev–Trinajstić information content (AvgIpc) is 2.20. The predicted molar refractivity (Wildman–Crippen MR) is 72.6 cm³/mol. The van der Waals surface area contributed by atoms with Gasteiger partial charge in [-0.05, 0) is 48.9 Å². The van der Waals surface area contributed by atoms with Gasteiger partial charge < -0.3 is 5.11 Å². The van der Waals surface area contributed by atoms with Crippen LogP contribution in [0.3, 0.4) is 0 Å². The van der Waals surface area contributed by atoms with E-state index >= 15 is 0 Å². The van der Waals surface area contributed by atoms with Crippen LogP contribution in [0.25, 0.3) is 0 Å². The van der Waals surface area contributed by atoms with Gasteiger partial charge in [0.1, 0.15) is 5.75 Å². The monoisotopic (exact) mass is 274 g/mol. The van der Waals surface area contributed by atoms with Crippen LogP contribution in [0.4, 0.5) is 0 Å². The molecule has 2 bridgehead atoms. The van der Waals surface area contributed by atoms with Crippen molar-refractivity contribution in [1.82, 2.24) is 0 Å². The summed E-state index contributed by atoms with van der Waals surface area (Å²) in [5.41, 5.74) is 1.23. The molecule has 0 amide bonds. The second kappa shape index (κ2) is 6.20. The summed E-state index contributed by atoms with van der Waals surface area (Å²) in [4.78, 5) is -0.114. The second-order valence-corrected chi connectivity index (χ2v) is 5.55. The first-order valence-electron chi connectivity index (χ1n) is 5.31. The number of benzene rings is 1. The van der Waals surface area contributed by atoms with Gasteiger partial charge in [-0.2, -0.15) is 8.42 Å². The Labute approximate surface area is 109 Å². The van der Waals surface area contributed by atoms with Crippen LogP contribution in [-0.2, 0) is 23.0 Å². The van der Waals surface area contributed by atoms with E-state index in [0.29, 0.717) is 24.0 Å². The Kier molecular flexibility index (Phi) is 5.83. The van der Waals surface area contributed by atoms with Crippen molar-refractivity contribution in [3.05, 3.63) is 23.3 Å². The Morgan fingerprint density at radius 3 is 1.78 bits per heavy atom. The number of phenolic OH excluding ortho intramolecular Hbond substituents is 1. The summed E-state index contributed by atoms with van der Waals surface area (Å²) < 4.78 is 31.1. The van der Waals surface area contributed by atoms with E-state index in [0.717, 1.165) is 19.3 Å². The smallest absolute Gasteiger partial charge is 0.294 e. The maximum absolute atomic E-state index is 11.1. The fourth-order valence-corrected chi connectivity index (χ4v) is 2.65. The third-order valence-electron chi connectivity index (χ3n) is 2.93. The fraction of sp³-hybridized carbons (Fsp3) is 0.538. The van der Waals surface area contributed by atoms with Crippen LogP contribution >= 0.6 is 0 Å². The van der Waals surface area contributed by atoms with Crippen molar-refractivity contribution in [3.8, 4) is 5.75 Å². The molecule has 2 N–H and O–H groups in total. The van der Waals surface area contributed by atoms with Gasteiger partial charge in [0, 0.05) is 0 Å². The second-order valence-electron chi connectivity index (χ2n) is 4.13. The molecule has 1 aliphatic carbocycles. The van der Waals surface area contributed by atoms with E-state index in [1.54, 1.807) is 0 Å². The quantitative estimate of drug-likeness (QED) is 0.771. The predicted octanol–water partition coefficient (Wildman–Crippen LogP) is 3.18. The topological polar surface area (TPSA) is 74.6 Å². The minimum atomic E-state index is -4.18. The van der Waals surface area contributed by atoms with Crippen LogP contribution in [-0.4, -0.2) is 18.1 Å². The van der Waals surface area contributed by atoms with E-state index in [1.165, 1.54) is 12.1 Å². The maximum atomic E-state index is 11.1. The zero-order valence-corrected chi connectivity index (χ0v) is 9.63. The molecule has 0 spiro atoms. The van der Waals surface area contributed by atoms with Crippen molar-refractivity contribution in [2.24, 2.45) is 0 Å². The standard InChI is InChI=1S/C11H14O4S.2CH4/c12-11-8-4-2-1-3-5-9(11)7-10(6-8)16(13,14)15;;/h6-7,12H,1-5H2,(H,13,14,15);2*1H4. The van der Waals surface area contributed by atoms with Gasteiger partial charge in [-0.1, -0.05) is 21.3 Å². The van der Waals surface area contributed by atoms with Crippen molar-refractivity contribution >= 4 is 10.1 Å². The summed E-state index contributed by atoms with van der Waals surface area (Å²) in [6.07, 6.45) is 4.25. The van der Waals surface area contributed by atoms with Crippen molar-refractivity contribution in [2.45, 2.75) is 51.9 Å². The summed E-state index contributed by atoms with van der Waals surface area (Å²) in [7, 11) is -4.18. The molecule has 18 heavy (non-hydrogen) atoms. The average molecular weight is 274 g/mol. The molecule has 0 aliphatic heterocycles. The lowest BCUT2D eigenvalue weighted by Gasteiger charge is -2.15. The zero-order chi connectivity index (χ0) is 11.8. The number of hydrogen-bond acceptors (Lipinski definition) is 3. The van der Waals surface area contributed by atoms with Gasteiger partial charge in [0.05, 0.1) is 4.90 Å². The lowest BCUT2D eigenvalue weighted by atomic mass is 9.95. The van der Waals surface area contributed by atoms with Crippen LogP contribution in [0, 0.1) is 0 Å². The van der Waals surface area contributed by atoms with Crippen LogP contribution in [0.2, 0.25) is 0 Å². The third kappa shape index (κ3) is 3.46. The molecule has 0 fully saturated rings. The highest BCUT2D eigenvalue weighted by Crippen LogP contribution is 2.31. The molecule has 0 unspecified atom stereocenters. The number of phenols is 1. The first-order valence-corrected chi connectivity index (χ1v) is 6.75.